The molecule has 0 saturated carbocycles. The summed E-state index contributed by atoms with van der Waals surface area (Å²) in [5.41, 5.74) is -1.21. The van der Waals surface area contributed by atoms with Crippen molar-refractivity contribution < 1.29 is 22.0 Å². The summed E-state index contributed by atoms with van der Waals surface area (Å²) >= 11 is 0. The second kappa shape index (κ2) is 6.16. The van der Waals surface area contributed by atoms with Crippen LogP contribution in [0.15, 0.2) is 23.3 Å². The summed E-state index contributed by atoms with van der Waals surface area (Å²) in [7, 11) is 1.97. The van der Waals surface area contributed by atoms with Crippen LogP contribution in [0.25, 0.3) is 0 Å². The number of likely N-dealkylation sites (N-methyl/N-ethyl adjacent to an activating group) is 1. The third-order valence-electron chi connectivity index (χ3n) is 4.72. The van der Waals surface area contributed by atoms with E-state index in [0.717, 1.165) is 24.7 Å². The second-order valence-corrected chi connectivity index (χ2v) is 6.98. The molecule has 0 spiro atoms. The molecule has 2 nitrogen and oxygen atoms in total. The van der Waals surface area contributed by atoms with Crippen LogP contribution in [-0.4, -0.2) is 61.7 Å². The SMILES string of the molecule is CC1=CC=C(C(F)(F)C(F)(F)F)C(C)(CN2CCN(C)CC2)C1. The third-order valence-corrected chi connectivity index (χ3v) is 4.72. The van der Waals surface area contributed by atoms with Gasteiger partial charge in [0, 0.05) is 43.7 Å². The lowest BCUT2D eigenvalue weighted by Crippen LogP contribution is -2.52. The Bertz CT molecular complexity index is 501. The Hall–Kier alpha value is -0.950. The minimum absolute atomic E-state index is 0.212. The first kappa shape index (κ1) is 18.4. The first-order valence-electron chi connectivity index (χ1n) is 7.69. The summed E-state index contributed by atoms with van der Waals surface area (Å²) in [6.45, 7) is 6.44. The normalized spacial score (nSPS) is 28.5. The highest BCUT2D eigenvalue weighted by atomic mass is 19.4. The third kappa shape index (κ3) is 3.76. The molecule has 2 rings (SSSR count). The number of rotatable bonds is 3. The lowest BCUT2D eigenvalue weighted by atomic mass is 9.71. The zero-order chi connectivity index (χ0) is 17.5. The minimum Gasteiger partial charge on any atom is -0.304 e. The van der Waals surface area contributed by atoms with Crippen molar-refractivity contribution in [2.24, 2.45) is 5.41 Å². The van der Waals surface area contributed by atoms with Crippen molar-refractivity contribution in [2.75, 3.05) is 39.8 Å². The van der Waals surface area contributed by atoms with Crippen molar-refractivity contribution in [1.29, 1.82) is 0 Å². The standard InChI is InChI=1S/C16H23F5N2/c1-12-4-5-13(15(17,18)16(19,20)21)14(2,10-12)11-23-8-6-22(3)7-9-23/h4-5H,6-11H2,1-3H3. The van der Waals surface area contributed by atoms with Gasteiger partial charge >= 0.3 is 12.1 Å². The molecule has 0 bridgehead atoms. The molecule has 1 heterocycles. The van der Waals surface area contributed by atoms with E-state index in [1.54, 1.807) is 6.92 Å². The molecule has 1 fully saturated rings. The Morgan fingerprint density at radius 3 is 2.13 bits per heavy atom. The van der Waals surface area contributed by atoms with E-state index in [2.05, 4.69) is 4.90 Å². The Balaban J connectivity index is 2.27. The zero-order valence-corrected chi connectivity index (χ0v) is 13.7. The van der Waals surface area contributed by atoms with Crippen molar-refractivity contribution in [2.45, 2.75) is 32.4 Å². The fourth-order valence-corrected chi connectivity index (χ4v) is 3.47. The number of hydrogen-bond donors (Lipinski definition) is 0. The lowest BCUT2D eigenvalue weighted by molar-refractivity contribution is -0.269. The number of halogens is 5. The second-order valence-electron chi connectivity index (χ2n) is 6.98. The smallest absolute Gasteiger partial charge is 0.304 e. The van der Waals surface area contributed by atoms with Crippen molar-refractivity contribution in [3.8, 4) is 0 Å². The Morgan fingerprint density at radius 1 is 1.04 bits per heavy atom. The number of allylic oxidation sites excluding steroid dienone is 3. The molecule has 23 heavy (non-hydrogen) atoms. The molecule has 0 radical (unpaired) electrons. The maximum atomic E-state index is 14.0. The summed E-state index contributed by atoms with van der Waals surface area (Å²) < 4.78 is 66.6. The van der Waals surface area contributed by atoms with Gasteiger partial charge in [0.05, 0.1) is 0 Å². The van der Waals surface area contributed by atoms with Crippen molar-refractivity contribution in [3.05, 3.63) is 23.3 Å². The molecule has 132 valence electrons. The fourth-order valence-electron chi connectivity index (χ4n) is 3.47. The van der Waals surface area contributed by atoms with Crippen molar-refractivity contribution >= 4 is 0 Å². The van der Waals surface area contributed by atoms with Gasteiger partial charge in [-0.1, -0.05) is 24.6 Å². The van der Waals surface area contributed by atoms with Gasteiger partial charge < -0.3 is 4.90 Å². The molecule has 0 N–H and O–H groups in total. The van der Waals surface area contributed by atoms with Gasteiger partial charge in [-0.2, -0.15) is 22.0 Å². The first-order chi connectivity index (χ1) is 10.5. The van der Waals surface area contributed by atoms with Crippen LogP contribution in [-0.2, 0) is 0 Å². The van der Waals surface area contributed by atoms with Gasteiger partial charge in [-0.15, -0.1) is 0 Å². The summed E-state index contributed by atoms with van der Waals surface area (Å²) in [6.07, 6.45) is -3.00. The van der Waals surface area contributed by atoms with Crippen LogP contribution in [0.1, 0.15) is 20.3 Å². The average Bonchev–Trinajstić information content (AvgIpc) is 2.39. The van der Waals surface area contributed by atoms with Crippen LogP contribution in [0.4, 0.5) is 22.0 Å². The van der Waals surface area contributed by atoms with Crippen LogP contribution in [0.5, 0.6) is 0 Å². The Labute approximate surface area is 133 Å². The lowest BCUT2D eigenvalue weighted by Gasteiger charge is -2.44. The van der Waals surface area contributed by atoms with Crippen LogP contribution in [0.3, 0.4) is 0 Å². The summed E-state index contributed by atoms with van der Waals surface area (Å²) in [5, 5.41) is 0. The molecular formula is C16H23F5N2. The maximum absolute atomic E-state index is 14.0. The van der Waals surface area contributed by atoms with E-state index in [4.69, 9.17) is 0 Å². The average molecular weight is 338 g/mol. The van der Waals surface area contributed by atoms with Crippen molar-refractivity contribution in [3.63, 3.8) is 0 Å². The highest BCUT2D eigenvalue weighted by Crippen LogP contribution is 2.51. The fraction of sp³-hybridized carbons (Fsp3) is 0.750. The van der Waals surface area contributed by atoms with E-state index < -0.39 is 23.1 Å². The van der Waals surface area contributed by atoms with Gasteiger partial charge in [0.1, 0.15) is 0 Å². The highest BCUT2D eigenvalue weighted by Gasteiger charge is 2.63. The maximum Gasteiger partial charge on any atom is 0.457 e. The van der Waals surface area contributed by atoms with Crippen LogP contribution < -0.4 is 0 Å². The van der Waals surface area contributed by atoms with E-state index in [1.807, 2.05) is 11.9 Å². The van der Waals surface area contributed by atoms with E-state index in [9.17, 15) is 22.0 Å². The molecule has 1 saturated heterocycles. The van der Waals surface area contributed by atoms with E-state index in [0.29, 0.717) is 13.1 Å². The number of alkyl halides is 5. The molecule has 0 amide bonds. The van der Waals surface area contributed by atoms with E-state index in [-0.39, 0.29) is 13.0 Å². The Kier molecular flexibility index (Phi) is 4.93. The highest BCUT2D eigenvalue weighted by molar-refractivity contribution is 5.35. The zero-order valence-electron chi connectivity index (χ0n) is 13.7. The predicted octanol–water partition coefficient (Wildman–Crippen LogP) is 3.71. The quantitative estimate of drug-likeness (QED) is 0.724. The van der Waals surface area contributed by atoms with E-state index in [1.165, 1.54) is 13.0 Å². The number of piperazine rings is 1. The summed E-state index contributed by atoms with van der Waals surface area (Å²) in [6, 6.07) is 0. The molecular weight excluding hydrogens is 315 g/mol. The largest absolute Gasteiger partial charge is 0.457 e. The molecule has 1 aliphatic carbocycles. The molecule has 0 aromatic rings. The molecule has 0 aromatic heterocycles. The monoisotopic (exact) mass is 338 g/mol. The molecule has 1 atom stereocenters. The van der Waals surface area contributed by atoms with Crippen LogP contribution in [0, 0.1) is 5.41 Å². The van der Waals surface area contributed by atoms with Crippen molar-refractivity contribution in [1.82, 2.24) is 9.80 Å². The van der Waals surface area contributed by atoms with Gasteiger partial charge in [0.25, 0.3) is 0 Å². The van der Waals surface area contributed by atoms with E-state index >= 15 is 0 Å². The minimum atomic E-state index is -5.57. The Morgan fingerprint density at radius 2 is 1.61 bits per heavy atom. The molecule has 1 unspecified atom stereocenters. The van der Waals surface area contributed by atoms with Gasteiger partial charge in [0.2, 0.25) is 0 Å². The number of hydrogen-bond acceptors (Lipinski definition) is 2. The molecule has 1 aliphatic heterocycles. The summed E-state index contributed by atoms with van der Waals surface area (Å²) in [5.74, 6) is -4.80. The topological polar surface area (TPSA) is 6.48 Å². The van der Waals surface area contributed by atoms with Gasteiger partial charge in [-0.05, 0) is 20.4 Å². The van der Waals surface area contributed by atoms with Gasteiger partial charge in [0.15, 0.2) is 0 Å². The molecule has 0 aromatic carbocycles. The van der Waals surface area contributed by atoms with Crippen LogP contribution in [0.2, 0.25) is 0 Å². The van der Waals surface area contributed by atoms with Gasteiger partial charge in [-0.25, -0.2) is 0 Å². The van der Waals surface area contributed by atoms with Crippen LogP contribution >= 0.6 is 0 Å². The summed E-state index contributed by atoms with van der Waals surface area (Å²) in [4.78, 5) is 4.10. The first-order valence-corrected chi connectivity index (χ1v) is 7.69. The number of nitrogens with zero attached hydrogens (tertiary/aromatic N) is 2. The van der Waals surface area contributed by atoms with Gasteiger partial charge in [-0.3, -0.25) is 4.90 Å². The molecule has 2 aliphatic rings. The predicted molar refractivity (Wildman–Crippen MR) is 79.5 cm³/mol. The molecule has 7 heteroatoms.